The molecule has 2 heterocycles. The van der Waals surface area contributed by atoms with Crippen LogP contribution in [-0.4, -0.2) is 9.97 Å². The van der Waals surface area contributed by atoms with Crippen molar-refractivity contribution in [3.05, 3.63) is 28.2 Å². The highest BCUT2D eigenvalue weighted by Crippen LogP contribution is 2.32. The number of hydrogen-bond donors (Lipinski definition) is 1. The lowest BCUT2D eigenvalue weighted by atomic mass is 10.4. The smallest absolute Gasteiger partial charge is 0.149 e. The van der Waals surface area contributed by atoms with E-state index < -0.39 is 0 Å². The first kappa shape index (κ1) is 8.65. The molecule has 3 nitrogen and oxygen atoms in total. The number of thiazole rings is 1. The van der Waals surface area contributed by atoms with Gasteiger partial charge in [-0.15, -0.1) is 11.3 Å². The molecule has 0 amide bonds. The van der Waals surface area contributed by atoms with E-state index in [9.17, 15) is 0 Å². The van der Waals surface area contributed by atoms with Crippen LogP contribution in [-0.2, 0) is 0 Å². The van der Waals surface area contributed by atoms with Gasteiger partial charge in [0.15, 0.2) is 0 Å². The number of hydrogen-bond acceptors (Lipinski definition) is 4. The number of halogens is 1. The number of nitrogens with two attached hydrogens (primary N) is 1. The van der Waals surface area contributed by atoms with Gasteiger partial charge < -0.3 is 5.73 Å². The Morgan fingerprint density at radius 1 is 1.38 bits per heavy atom. The Morgan fingerprint density at radius 3 is 2.77 bits per heavy atom. The zero-order chi connectivity index (χ0) is 9.26. The van der Waals surface area contributed by atoms with Crippen LogP contribution in [0.1, 0.15) is 0 Å². The van der Waals surface area contributed by atoms with E-state index in [1.165, 1.54) is 11.3 Å². The Labute approximate surface area is 87.8 Å². The Balaban J connectivity index is 2.48. The summed E-state index contributed by atoms with van der Waals surface area (Å²) in [6.45, 7) is 0. The molecule has 0 aliphatic rings. The summed E-state index contributed by atoms with van der Waals surface area (Å²) in [5.41, 5.74) is 6.45. The maximum atomic E-state index is 5.60. The van der Waals surface area contributed by atoms with Gasteiger partial charge in [-0.3, -0.25) is 4.98 Å². The fourth-order valence-corrected chi connectivity index (χ4v) is 2.15. The van der Waals surface area contributed by atoms with Gasteiger partial charge in [0.1, 0.15) is 14.6 Å². The van der Waals surface area contributed by atoms with Crippen molar-refractivity contribution >= 4 is 33.1 Å². The van der Waals surface area contributed by atoms with Crippen LogP contribution >= 0.6 is 27.3 Å². The molecule has 0 unspecified atom stereocenters. The average Bonchev–Trinajstić information content (AvgIpc) is 2.49. The topological polar surface area (TPSA) is 51.8 Å². The highest BCUT2D eigenvalue weighted by Gasteiger charge is 2.07. The molecule has 0 saturated carbocycles. The molecule has 0 spiro atoms. The number of anilines is 1. The van der Waals surface area contributed by atoms with E-state index >= 15 is 0 Å². The number of aromatic nitrogens is 2. The molecular formula is C8H6BrN3S. The highest BCUT2D eigenvalue weighted by molar-refractivity contribution is 9.11. The Morgan fingerprint density at radius 2 is 2.23 bits per heavy atom. The third kappa shape index (κ3) is 1.71. The van der Waals surface area contributed by atoms with Gasteiger partial charge in [0.25, 0.3) is 0 Å². The van der Waals surface area contributed by atoms with Crippen molar-refractivity contribution in [1.82, 2.24) is 9.97 Å². The lowest BCUT2D eigenvalue weighted by Gasteiger charge is -1.91. The monoisotopic (exact) mass is 255 g/mol. The van der Waals surface area contributed by atoms with Gasteiger partial charge in [-0.25, -0.2) is 4.98 Å². The second-order valence-electron chi connectivity index (χ2n) is 2.39. The van der Waals surface area contributed by atoms with Crippen LogP contribution in [0.4, 0.5) is 5.82 Å². The predicted molar refractivity (Wildman–Crippen MR) is 57.5 cm³/mol. The molecule has 13 heavy (non-hydrogen) atoms. The van der Waals surface area contributed by atoms with Crippen molar-refractivity contribution in [2.24, 2.45) is 0 Å². The molecule has 0 aliphatic heterocycles. The van der Waals surface area contributed by atoms with Gasteiger partial charge in [-0.1, -0.05) is 6.07 Å². The Hall–Kier alpha value is -0.940. The molecule has 2 aromatic heterocycles. The van der Waals surface area contributed by atoms with Gasteiger partial charge >= 0.3 is 0 Å². The first-order valence-corrected chi connectivity index (χ1v) is 5.21. The fourth-order valence-electron chi connectivity index (χ4n) is 0.912. The summed E-state index contributed by atoms with van der Waals surface area (Å²) < 4.78 is 0.855. The van der Waals surface area contributed by atoms with Gasteiger partial charge in [-0.2, -0.15) is 0 Å². The molecule has 2 N–H and O–H groups in total. The lowest BCUT2D eigenvalue weighted by Crippen LogP contribution is -1.85. The van der Waals surface area contributed by atoms with E-state index in [0.29, 0.717) is 5.82 Å². The summed E-state index contributed by atoms with van der Waals surface area (Å²) in [6, 6.07) is 5.70. The summed E-state index contributed by atoms with van der Waals surface area (Å²) in [5, 5.41) is 0.838. The standard InChI is InChI=1S/C8H6BrN3S/c9-6-7(10)12-8(13-6)5-3-1-2-4-11-5/h1-4H,10H2. The van der Waals surface area contributed by atoms with Crippen LogP contribution in [0, 0.1) is 0 Å². The normalized spacial score (nSPS) is 10.2. The largest absolute Gasteiger partial charge is 0.382 e. The molecular weight excluding hydrogens is 250 g/mol. The summed E-state index contributed by atoms with van der Waals surface area (Å²) >= 11 is 4.80. The van der Waals surface area contributed by atoms with E-state index in [0.717, 1.165) is 14.5 Å². The molecule has 2 rings (SSSR count). The zero-order valence-corrected chi connectivity index (χ0v) is 8.97. The van der Waals surface area contributed by atoms with Gasteiger partial charge in [0, 0.05) is 6.20 Å². The van der Waals surface area contributed by atoms with Crippen LogP contribution in [0.2, 0.25) is 0 Å². The van der Waals surface area contributed by atoms with Crippen LogP contribution in [0.25, 0.3) is 10.7 Å². The minimum atomic E-state index is 0.519. The SMILES string of the molecule is Nc1nc(-c2ccccn2)sc1Br. The molecule has 0 bridgehead atoms. The van der Waals surface area contributed by atoms with Crippen molar-refractivity contribution in [3.63, 3.8) is 0 Å². The van der Waals surface area contributed by atoms with Crippen molar-refractivity contribution in [2.45, 2.75) is 0 Å². The second-order valence-corrected chi connectivity index (χ2v) is 4.71. The summed E-state index contributed by atoms with van der Waals surface area (Å²) in [7, 11) is 0. The van der Waals surface area contributed by atoms with E-state index in [2.05, 4.69) is 25.9 Å². The van der Waals surface area contributed by atoms with Crippen LogP contribution in [0.3, 0.4) is 0 Å². The second kappa shape index (κ2) is 3.43. The summed E-state index contributed by atoms with van der Waals surface area (Å²) in [6.07, 6.45) is 1.74. The van der Waals surface area contributed by atoms with E-state index in [-0.39, 0.29) is 0 Å². The number of nitrogens with zero attached hydrogens (tertiary/aromatic N) is 2. The molecule has 0 saturated heterocycles. The Bertz CT molecular complexity index is 393. The van der Waals surface area contributed by atoms with Crippen molar-refractivity contribution in [2.75, 3.05) is 5.73 Å². The number of pyridine rings is 1. The summed E-state index contributed by atoms with van der Waals surface area (Å²) in [5.74, 6) is 0.519. The third-order valence-corrected chi connectivity index (χ3v) is 3.27. The predicted octanol–water partition coefficient (Wildman–Crippen LogP) is 2.55. The molecule has 2 aromatic rings. The first-order valence-electron chi connectivity index (χ1n) is 3.60. The van der Waals surface area contributed by atoms with Crippen molar-refractivity contribution in [1.29, 1.82) is 0 Å². The molecule has 0 radical (unpaired) electrons. The van der Waals surface area contributed by atoms with Crippen LogP contribution < -0.4 is 5.73 Å². The average molecular weight is 256 g/mol. The van der Waals surface area contributed by atoms with Crippen molar-refractivity contribution < 1.29 is 0 Å². The van der Waals surface area contributed by atoms with Crippen LogP contribution in [0.15, 0.2) is 28.2 Å². The summed E-state index contributed by atoms with van der Waals surface area (Å²) in [4.78, 5) is 8.34. The minimum Gasteiger partial charge on any atom is -0.382 e. The maximum absolute atomic E-state index is 5.60. The molecule has 66 valence electrons. The Kier molecular flexibility index (Phi) is 2.28. The zero-order valence-electron chi connectivity index (χ0n) is 6.57. The fraction of sp³-hybridized carbons (Fsp3) is 0. The first-order chi connectivity index (χ1) is 6.27. The lowest BCUT2D eigenvalue weighted by molar-refractivity contribution is 1.29. The van der Waals surface area contributed by atoms with Crippen LogP contribution in [0.5, 0.6) is 0 Å². The van der Waals surface area contributed by atoms with E-state index in [1.807, 2.05) is 18.2 Å². The highest BCUT2D eigenvalue weighted by atomic mass is 79.9. The minimum absolute atomic E-state index is 0.519. The third-order valence-electron chi connectivity index (χ3n) is 1.49. The molecule has 0 aliphatic carbocycles. The quantitative estimate of drug-likeness (QED) is 0.853. The molecule has 0 aromatic carbocycles. The maximum Gasteiger partial charge on any atom is 0.149 e. The van der Waals surface area contributed by atoms with E-state index in [1.54, 1.807) is 6.20 Å². The molecule has 0 atom stereocenters. The molecule has 5 heteroatoms. The van der Waals surface area contributed by atoms with E-state index in [4.69, 9.17) is 5.73 Å². The van der Waals surface area contributed by atoms with Gasteiger partial charge in [0.2, 0.25) is 0 Å². The van der Waals surface area contributed by atoms with Crippen molar-refractivity contribution in [3.8, 4) is 10.7 Å². The number of nitrogen functional groups attached to an aromatic ring is 1. The van der Waals surface area contributed by atoms with Gasteiger partial charge in [0.05, 0.1) is 5.69 Å². The number of rotatable bonds is 1. The molecule has 0 fully saturated rings. The van der Waals surface area contributed by atoms with Gasteiger partial charge in [-0.05, 0) is 28.1 Å².